The van der Waals surface area contributed by atoms with Gasteiger partial charge < -0.3 is 19.7 Å². The molecule has 8 heteroatoms. The molecule has 3 rings (SSSR count). The van der Waals surface area contributed by atoms with Gasteiger partial charge in [-0.15, -0.1) is 11.6 Å². The van der Waals surface area contributed by atoms with Crippen LogP contribution in [-0.2, 0) is 16.0 Å². The van der Waals surface area contributed by atoms with Crippen LogP contribution in [0.15, 0.2) is 42.5 Å². The van der Waals surface area contributed by atoms with Gasteiger partial charge in [-0.1, -0.05) is 55.6 Å². The smallest absolute Gasteiger partial charge is 0.247 e. The number of ether oxygens (including phenoxy) is 2. The van der Waals surface area contributed by atoms with Gasteiger partial charge in [0.2, 0.25) is 11.8 Å². The van der Waals surface area contributed by atoms with Crippen molar-refractivity contribution in [2.24, 2.45) is 5.92 Å². The number of alkyl halides is 1. The molecule has 3 atom stereocenters. The van der Waals surface area contributed by atoms with Gasteiger partial charge in [0.05, 0.1) is 14.2 Å². The van der Waals surface area contributed by atoms with Crippen molar-refractivity contribution in [1.29, 1.82) is 0 Å². The maximum atomic E-state index is 13.7. The summed E-state index contributed by atoms with van der Waals surface area (Å²) in [4.78, 5) is 28.3. The van der Waals surface area contributed by atoms with E-state index in [0.29, 0.717) is 34.4 Å². The summed E-state index contributed by atoms with van der Waals surface area (Å²) in [6.45, 7) is 2.44. The summed E-state index contributed by atoms with van der Waals surface area (Å²) in [5, 5.41) is 3.65. The minimum Gasteiger partial charge on any atom is -0.493 e. The standard InChI is InChI=1S/C27H34Cl2N2O4/c1-18-8-4-7-11-22(18)30-27(33)26(20-9-5-6-10-21(20)29)31(25(32)17-28)15-14-19-12-13-23(34-2)24(16-19)35-3/h5-6,9-10,12-13,16,18,22,26H,4,7-8,11,14-15,17H2,1-3H3,(H,30,33)/t18-,22+,26+/m1/s1. The number of nitrogens with one attached hydrogen (secondary N) is 1. The number of methoxy groups -OCH3 is 2. The molecule has 0 heterocycles. The molecule has 0 aromatic heterocycles. The quantitative estimate of drug-likeness (QED) is 0.425. The zero-order valence-electron chi connectivity index (χ0n) is 20.6. The number of hydrogen-bond donors (Lipinski definition) is 1. The lowest BCUT2D eigenvalue weighted by molar-refractivity contribution is -0.139. The molecule has 1 N–H and O–H groups in total. The predicted octanol–water partition coefficient (Wildman–Crippen LogP) is 5.40. The van der Waals surface area contributed by atoms with Gasteiger partial charge in [-0.25, -0.2) is 0 Å². The highest BCUT2D eigenvalue weighted by Crippen LogP contribution is 2.32. The average molecular weight is 521 g/mol. The van der Waals surface area contributed by atoms with Crippen molar-refractivity contribution >= 4 is 35.0 Å². The van der Waals surface area contributed by atoms with E-state index in [1.165, 1.54) is 11.3 Å². The molecule has 1 fully saturated rings. The molecule has 35 heavy (non-hydrogen) atoms. The lowest BCUT2D eigenvalue weighted by Gasteiger charge is -2.35. The Bertz CT molecular complexity index is 1020. The van der Waals surface area contributed by atoms with E-state index in [1.807, 2.05) is 24.3 Å². The molecule has 6 nitrogen and oxygen atoms in total. The largest absolute Gasteiger partial charge is 0.493 e. The number of hydrogen-bond acceptors (Lipinski definition) is 4. The van der Waals surface area contributed by atoms with Crippen LogP contribution in [0.25, 0.3) is 0 Å². The normalized spacial score (nSPS) is 18.4. The SMILES string of the molecule is COc1ccc(CCN(C(=O)CCl)[C@H](C(=O)N[C@H]2CCCC[C@H]2C)c2ccccc2Cl)cc1OC. The summed E-state index contributed by atoms with van der Waals surface area (Å²) in [6, 6.07) is 12.0. The minimum absolute atomic E-state index is 0.0695. The number of carbonyl (C=O) groups excluding carboxylic acids is 2. The van der Waals surface area contributed by atoms with Crippen molar-refractivity contribution in [3.63, 3.8) is 0 Å². The summed E-state index contributed by atoms with van der Waals surface area (Å²) in [6.07, 6.45) is 4.75. The summed E-state index contributed by atoms with van der Waals surface area (Å²) < 4.78 is 10.7. The van der Waals surface area contributed by atoms with E-state index >= 15 is 0 Å². The van der Waals surface area contributed by atoms with Crippen LogP contribution in [-0.4, -0.2) is 49.4 Å². The van der Waals surface area contributed by atoms with Crippen LogP contribution >= 0.6 is 23.2 Å². The average Bonchev–Trinajstić information content (AvgIpc) is 2.87. The molecule has 0 radical (unpaired) electrons. The third kappa shape index (κ3) is 6.83. The minimum atomic E-state index is -0.885. The molecule has 190 valence electrons. The molecule has 0 aliphatic heterocycles. The van der Waals surface area contributed by atoms with Crippen LogP contribution in [0.1, 0.15) is 49.8 Å². The molecule has 0 bridgehead atoms. The zero-order chi connectivity index (χ0) is 25.4. The first-order chi connectivity index (χ1) is 16.9. The number of carbonyl (C=O) groups is 2. The first kappa shape index (κ1) is 27.2. The van der Waals surface area contributed by atoms with Crippen LogP contribution in [0.3, 0.4) is 0 Å². The molecule has 2 aromatic carbocycles. The summed E-state index contributed by atoms with van der Waals surface area (Å²) in [5.74, 6) is 0.807. The molecule has 2 aromatic rings. The third-order valence-electron chi connectivity index (χ3n) is 6.72. The second-order valence-corrected chi connectivity index (χ2v) is 9.64. The second kappa shape index (κ2) is 13.0. The highest BCUT2D eigenvalue weighted by molar-refractivity contribution is 6.31. The van der Waals surface area contributed by atoms with E-state index < -0.39 is 6.04 Å². The fraction of sp³-hybridized carbons (Fsp3) is 0.481. The van der Waals surface area contributed by atoms with Crippen molar-refractivity contribution in [3.8, 4) is 11.5 Å². The molecule has 0 unspecified atom stereocenters. The predicted molar refractivity (Wildman–Crippen MR) is 139 cm³/mol. The van der Waals surface area contributed by atoms with Gasteiger partial charge in [0.15, 0.2) is 11.5 Å². The van der Waals surface area contributed by atoms with Crippen LogP contribution in [0.5, 0.6) is 11.5 Å². The third-order valence-corrected chi connectivity index (χ3v) is 7.30. The van der Waals surface area contributed by atoms with Gasteiger partial charge in [0.25, 0.3) is 0 Å². The fourth-order valence-corrected chi connectivity index (χ4v) is 5.09. The molecule has 1 aliphatic rings. The highest BCUT2D eigenvalue weighted by Gasteiger charge is 2.34. The summed E-state index contributed by atoms with van der Waals surface area (Å²) in [5.41, 5.74) is 1.52. The Hall–Kier alpha value is -2.44. The first-order valence-electron chi connectivity index (χ1n) is 12.0. The molecule has 0 saturated heterocycles. The monoisotopic (exact) mass is 520 g/mol. The van der Waals surface area contributed by atoms with Crippen LogP contribution in [0, 0.1) is 5.92 Å². The molecule has 0 spiro atoms. The van der Waals surface area contributed by atoms with Crippen LogP contribution < -0.4 is 14.8 Å². The van der Waals surface area contributed by atoms with E-state index in [2.05, 4.69) is 12.2 Å². The Morgan fingerprint density at radius 2 is 1.80 bits per heavy atom. The number of halogens is 2. The van der Waals surface area contributed by atoms with Gasteiger partial charge in [-0.05, 0) is 48.9 Å². The lowest BCUT2D eigenvalue weighted by atomic mass is 9.85. The second-order valence-electron chi connectivity index (χ2n) is 8.96. The van der Waals surface area contributed by atoms with E-state index in [4.69, 9.17) is 32.7 Å². The maximum absolute atomic E-state index is 13.7. The first-order valence-corrected chi connectivity index (χ1v) is 12.9. The molecule has 2 amide bonds. The van der Waals surface area contributed by atoms with Crippen molar-refractivity contribution in [2.75, 3.05) is 26.6 Å². The van der Waals surface area contributed by atoms with Gasteiger partial charge in [-0.3, -0.25) is 9.59 Å². The Kier molecular flexibility index (Phi) is 10.1. The van der Waals surface area contributed by atoms with E-state index in [0.717, 1.165) is 24.8 Å². The van der Waals surface area contributed by atoms with Crippen molar-refractivity contribution in [3.05, 3.63) is 58.6 Å². The van der Waals surface area contributed by atoms with Gasteiger partial charge in [0, 0.05) is 23.2 Å². The Labute approximate surface area is 217 Å². The number of rotatable bonds is 10. The molecular weight excluding hydrogens is 487 g/mol. The van der Waals surface area contributed by atoms with Gasteiger partial charge in [-0.2, -0.15) is 0 Å². The Morgan fingerprint density at radius 3 is 2.46 bits per heavy atom. The Morgan fingerprint density at radius 1 is 1.09 bits per heavy atom. The van der Waals surface area contributed by atoms with E-state index in [1.54, 1.807) is 32.4 Å². The number of benzene rings is 2. The number of amides is 2. The maximum Gasteiger partial charge on any atom is 0.247 e. The van der Waals surface area contributed by atoms with Gasteiger partial charge >= 0.3 is 0 Å². The van der Waals surface area contributed by atoms with Gasteiger partial charge in [0.1, 0.15) is 11.9 Å². The summed E-state index contributed by atoms with van der Waals surface area (Å²) in [7, 11) is 3.16. The molecule has 1 saturated carbocycles. The van der Waals surface area contributed by atoms with Crippen molar-refractivity contribution in [1.82, 2.24) is 10.2 Å². The van der Waals surface area contributed by atoms with Crippen LogP contribution in [0.4, 0.5) is 0 Å². The number of nitrogens with zero attached hydrogens (tertiary/aromatic N) is 1. The summed E-state index contributed by atoms with van der Waals surface area (Å²) >= 11 is 12.5. The highest BCUT2D eigenvalue weighted by atomic mass is 35.5. The van der Waals surface area contributed by atoms with Crippen molar-refractivity contribution < 1.29 is 19.1 Å². The molecule has 1 aliphatic carbocycles. The Balaban J connectivity index is 1.91. The topological polar surface area (TPSA) is 67.9 Å². The lowest BCUT2D eigenvalue weighted by Crippen LogP contribution is -2.49. The fourth-order valence-electron chi connectivity index (χ4n) is 4.70. The van der Waals surface area contributed by atoms with E-state index in [-0.39, 0.29) is 30.3 Å². The zero-order valence-corrected chi connectivity index (χ0v) is 22.1. The molecular formula is C27H34Cl2N2O4. The van der Waals surface area contributed by atoms with Crippen molar-refractivity contribution in [2.45, 2.75) is 51.1 Å². The van der Waals surface area contributed by atoms with Crippen LogP contribution in [0.2, 0.25) is 5.02 Å². The van der Waals surface area contributed by atoms with E-state index in [9.17, 15) is 9.59 Å².